The van der Waals surface area contributed by atoms with Crippen LogP contribution < -0.4 is 5.73 Å². The summed E-state index contributed by atoms with van der Waals surface area (Å²) in [5.41, 5.74) is 4.53. The molecule has 0 aliphatic heterocycles. The van der Waals surface area contributed by atoms with Crippen LogP contribution in [-0.2, 0) is 4.79 Å². The SMILES string of the molecule is CCCCN(CC)CC(C)(N)C(=O)O. The van der Waals surface area contributed by atoms with E-state index >= 15 is 0 Å². The van der Waals surface area contributed by atoms with Crippen molar-refractivity contribution in [3.05, 3.63) is 0 Å². The predicted molar refractivity (Wildman–Crippen MR) is 57.3 cm³/mol. The zero-order chi connectivity index (χ0) is 11.2. The number of rotatable bonds is 7. The molecule has 0 saturated carbocycles. The van der Waals surface area contributed by atoms with Crippen molar-refractivity contribution in [3.63, 3.8) is 0 Å². The Bertz CT molecular complexity index is 181. The molecule has 4 heteroatoms. The monoisotopic (exact) mass is 202 g/mol. The molecule has 0 radical (unpaired) electrons. The molecule has 3 N–H and O–H groups in total. The van der Waals surface area contributed by atoms with Crippen LogP contribution in [0.1, 0.15) is 33.6 Å². The Morgan fingerprint density at radius 2 is 2.07 bits per heavy atom. The Hall–Kier alpha value is -0.610. The molecule has 0 amide bonds. The van der Waals surface area contributed by atoms with Crippen LogP contribution in [0.3, 0.4) is 0 Å². The van der Waals surface area contributed by atoms with Gasteiger partial charge in [0, 0.05) is 6.54 Å². The number of carbonyl (C=O) groups is 1. The second-order valence-electron chi connectivity index (χ2n) is 3.94. The Labute approximate surface area is 86.1 Å². The number of hydrogen-bond donors (Lipinski definition) is 2. The highest BCUT2D eigenvalue weighted by molar-refractivity contribution is 5.78. The van der Waals surface area contributed by atoms with Gasteiger partial charge in [0.15, 0.2) is 0 Å². The van der Waals surface area contributed by atoms with E-state index in [2.05, 4.69) is 11.8 Å². The van der Waals surface area contributed by atoms with Crippen LogP contribution in [0.5, 0.6) is 0 Å². The molecule has 0 aliphatic carbocycles. The largest absolute Gasteiger partial charge is 0.480 e. The Morgan fingerprint density at radius 3 is 2.43 bits per heavy atom. The van der Waals surface area contributed by atoms with E-state index in [9.17, 15) is 4.79 Å². The molecule has 0 bridgehead atoms. The molecule has 0 aromatic heterocycles. The van der Waals surface area contributed by atoms with Crippen molar-refractivity contribution in [3.8, 4) is 0 Å². The fraction of sp³-hybridized carbons (Fsp3) is 0.900. The molecule has 1 unspecified atom stereocenters. The van der Waals surface area contributed by atoms with E-state index in [4.69, 9.17) is 10.8 Å². The van der Waals surface area contributed by atoms with Gasteiger partial charge in [-0.25, -0.2) is 0 Å². The van der Waals surface area contributed by atoms with Gasteiger partial charge < -0.3 is 15.7 Å². The number of hydrogen-bond acceptors (Lipinski definition) is 3. The van der Waals surface area contributed by atoms with Gasteiger partial charge in [0.1, 0.15) is 5.54 Å². The molecular formula is C10H22N2O2. The fourth-order valence-electron chi connectivity index (χ4n) is 1.26. The highest BCUT2D eigenvalue weighted by atomic mass is 16.4. The number of carboxylic acids is 1. The highest BCUT2D eigenvalue weighted by Crippen LogP contribution is 2.04. The molecule has 0 aliphatic rings. The molecule has 0 spiro atoms. The molecular weight excluding hydrogens is 180 g/mol. The first kappa shape index (κ1) is 13.4. The highest BCUT2D eigenvalue weighted by Gasteiger charge is 2.29. The zero-order valence-corrected chi connectivity index (χ0v) is 9.42. The van der Waals surface area contributed by atoms with Crippen molar-refractivity contribution < 1.29 is 9.90 Å². The molecule has 0 rings (SSSR count). The summed E-state index contributed by atoms with van der Waals surface area (Å²) in [4.78, 5) is 12.9. The van der Waals surface area contributed by atoms with Crippen LogP contribution in [0.25, 0.3) is 0 Å². The Morgan fingerprint density at radius 1 is 1.50 bits per heavy atom. The van der Waals surface area contributed by atoms with E-state index in [1.165, 1.54) is 0 Å². The van der Waals surface area contributed by atoms with Crippen molar-refractivity contribution in [2.45, 2.75) is 39.2 Å². The molecule has 4 nitrogen and oxygen atoms in total. The number of aliphatic carboxylic acids is 1. The lowest BCUT2D eigenvalue weighted by atomic mass is 10.0. The molecule has 1 atom stereocenters. The maximum atomic E-state index is 10.8. The van der Waals surface area contributed by atoms with E-state index in [1.807, 2.05) is 6.92 Å². The smallest absolute Gasteiger partial charge is 0.324 e. The third kappa shape index (κ3) is 4.58. The topological polar surface area (TPSA) is 66.6 Å². The fourth-order valence-corrected chi connectivity index (χ4v) is 1.26. The average Bonchev–Trinajstić information content (AvgIpc) is 2.11. The van der Waals surface area contributed by atoms with E-state index in [0.717, 1.165) is 25.9 Å². The second-order valence-corrected chi connectivity index (χ2v) is 3.94. The minimum absolute atomic E-state index is 0.416. The third-order valence-corrected chi connectivity index (χ3v) is 2.32. The summed E-state index contributed by atoms with van der Waals surface area (Å²) in [5, 5.41) is 8.86. The van der Waals surface area contributed by atoms with Crippen LogP contribution in [0.4, 0.5) is 0 Å². The van der Waals surface area contributed by atoms with Gasteiger partial charge in [0.05, 0.1) is 0 Å². The van der Waals surface area contributed by atoms with Crippen molar-refractivity contribution in [1.82, 2.24) is 4.90 Å². The first-order valence-corrected chi connectivity index (χ1v) is 5.18. The standard InChI is InChI=1S/C10H22N2O2/c1-4-6-7-12(5-2)8-10(3,11)9(13)14/h4-8,11H2,1-3H3,(H,13,14). The lowest BCUT2D eigenvalue weighted by Gasteiger charge is -2.28. The van der Waals surface area contributed by atoms with Gasteiger partial charge in [0.25, 0.3) is 0 Å². The lowest BCUT2D eigenvalue weighted by Crippen LogP contribution is -2.53. The Balaban J connectivity index is 4.09. The van der Waals surface area contributed by atoms with E-state index in [0.29, 0.717) is 6.54 Å². The minimum atomic E-state index is -1.14. The molecule has 14 heavy (non-hydrogen) atoms. The van der Waals surface area contributed by atoms with Crippen molar-refractivity contribution in [2.24, 2.45) is 5.73 Å². The van der Waals surface area contributed by atoms with Crippen LogP contribution in [-0.4, -0.2) is 41.1 Å². The maximum absolute atomic E-state index is 10.8. The van der Waals surface area contributed by atoms with Crippen molar-refractivity contribution in [1.29, 1.82) is 0 Å². The molecule has 0 aromatic rings. The van der Waals surface area contributed by atoms with Gasteiger partial charge in [-0.3, -0.25) is 4.79 Å². The number of nitrogens with two attached hydrogens (primary N) is 1. The number of nitrogens with zero attached hydrogens (tertiary/aromatic N) is 1. The quantitative estimate of drug-likeness (QED) is 0.644. The van der Waals surface area contributed by atoms with Crippen molar-refractivity contribution in [2.75, 3.05) is 19.6 Å². The summed E-state index contributed by atoms with van der Waals surface area (Å²) in [6, 6.07) is 0. The van der Waals surface area contributed by atoms with E-state index in [1.54, 1.807) is 6.92 Å². The lowest BCUT2D eigenvalue weighted by molar-refractivity contribution is -0.143. The van der Waals surface area contributed by atoms with Crippen LogP contribution >= 0.6 is 0 Å². The van der Waals surface area contributed by atoms with Gasteiger partial charge in [0.2, 0.25) is 0 Å². The van der Waals surface area contributed by atoms with Gasteiger partial charge in [-0.05, 0) is 26.4 Å². The van der Waals surface area contributed by atoms with Gasteiger partial charge in [-0.15, -0.1) is 0 Å². The zero-order valence-electron chi connectivity index (χ0n) is 9.42. The molecule has 0 saturated heterocycles. The van der Waals surface area contributed by atoms with Gasteiger partial charge in [-0.2, -0.15) is 0 Å². The molecule has 84 valence electrons. The van der Waals surface area contributed by atoms with Gasteiger partial charge >= 0.3 is 5.97 Å². The molecule has 0 heterocycles. The second kappa shape index (κ2) is 5.98. The molecule has 0 aromatic carbocycles. The van der Waals surface area contributed by atoms with Gasteiger partial charge in [-0.1, -0.05) is 20.3 Å². The summed E-state index contributed by atoms with van der Waals surface area (Å²) >= 11 is 0. The van der Waals surface area contributed by atoms with Crippen LogP contribution in [0, 0.1) is 0 Å². The number of carboxylic acid groups (broad SMARTS) is 1. The first-order chi connectivity index (χ1) is 6.44. The number of likely N-dealkylation sites (N-methyl/N-ethyl adjacent to an activating group) is 1. The summed E-state index contributed by atoms with van der Waals surface area (Å²) in [5.74, 6) is -0.938. The number of unbranched alkanes of at least 4 members (excludes halogenated alkanes) is 1. The predicted octanol–water partition coefficient (Wildman–Crippen LogP) is 0.910. The van der Waals surface area contributed by atoms with E-state index < -0.39 is 11.5 Å². The first-order valence-electron chi connectivity index (χ1n) is 5.18. The normalized spacial score (nSPS) is 15.5. The third-order valence-electron chi connectivity index (χ3n) is 2.32. The molecule has 0 fully saturated rings. The Kier molecular flexibility index (Phi) is 5.72. The van der Waals surface area contributed by atoms with Crippen LogP contribution in [0.2, 0.25) is 0 Å². The van der Waals surface area contributed by atoms with Crippen molar-refractivity contribution >= 4 is 5.97 Å². The minimum Gasteiger partial charge on any atom is -0.480 e. The van der Waals surface area contributed by atoms with E-state index in [-0.39, 0.29) is 0 Å². The summed E-state index contributed by atoms with van der Waals surface area (Å²) in [7, 11) is 0. The average molecular weight is 202 g/mol. The summed E-state index contributed by atoms with van der Waals surface area (Å²) < 4.78 is 0. The maximum Gasteiger partial charge on any atom is 0.324 e. The summed E-state index contributed by atoms with van der Waals surface area (Å²) in [6.07, 6.45) is 2.20. The van der Waals surface area contributed by atoms with Crippen LogP contribution in [0.15, 0.2) is 0 Å². The summed E-state index contributed by atoms with van der Waals surface area (Å²) in [6.45, 7) is 7.89.